The first-order valence-corrected chi connectivity index (χ1v) is 8.13. The first kappa shape index (κ1) is 18.0. The van der Waals surface area contributed by atoms with Gasteiger partial charge in [0.1, 0.15) is 17.4 Å². The summed E-state index contributed by atoms with van der Waals surface area (Å²) in [6.07, 6.45) is 0. The molecule has 6 nitrogen and oxygen atoms in total. The highest BCUT2D eigenvalue weighted by molar-refractivity contribution is 6.42. The second kappa shape index (κ2) is 7.58. The molecule has 0 saturated heterocycles. The van der Waals surface area contributed by atoms with Crippen LogP contribution in [0.15, 0.2) is 77.7 Å². The third-order valence-corrected chi connectivity index (χ3v) is 4.20. The van der Waals surface area contributed by atoms with E-state index < -0.39 is 17.7 Å². The fourth-order valence-corrected chi connectivity index (χ4v) is 2.98. The summed E-state index contributed by atoms with van der Waals surface area (Å²) >= 11 is 0. The zero-order valence-corrected chi connectivity index (χ0v) is 14.5. The molecule has 0 spiro atoms. The number of hydrogen-bond acceptors (Lipinski definition) is 6. The maximum atomic E-state index is 12.9. The maximum Gasteiger partial charge on any atom is 0.379 e. The van der Waals surface area contributed by atoms with Gasteiger partial charge in [0.15, 0.2) is 0 Å². The molecular weight excluding hydrogens is 344 g/mol. The van der Waals surface area contributed by atoms with Gasteiger partial charge < -0.3 is 15.2 Å². The van der Waals surface area contributed by atoms with Gasteiger partial charge in [-0.1, -0.05) is 60.7 Å². The second-order valence-electron chi connectivity index (χ2n) is 5.77. The monoisotopic (exact) mass is 360 g/mol. The molecular formula is C21H16N2O4. The van der Waals surface area contributed by atoms with Crippen LogP contribution in [-0.2, 0) is 19.1 Å². The number of carbonyl (C=O) groups is 2. The van der Waals surface area contributed by atoms with Gasteiger partial charge in [0.25, 0.3) is 5.78 Å². The first-order valence-electron chi connectivity index (χ1n) is 8.13. The Balaban J connectivity index is 2.31. The number of nitrogens with two attached hydrogens (primary N) is 1. The first-order chi connectivity index (χ1) is 13.1. The van der Waals surface area contributed by atoms with Crippen molar-refractivity contribution in [1.29, 1.82) is 5.26 Å². The highest BCUT2D eigenvalue weighted by atomic mass is 16.5. The van der Waals surface area contributed by atoms with E-state index in [4.69, 9.17) is 10.5 Å². The summed E-state index contributed by atoms with van der Waals surface area (Å²) in [4.78, 5) is 24.9. The molecule has 0 saturated carbocycles. The summed E-state index contributed by atoms with van der Waals surface area (Å²) in [5.74, 6) is -2.74. The Bertz CT molecular complexity index is 986. The van der Waals surface area contributed by atoms with Crippen molar-refractivity contribution < 1.29 is 19.1 Å². The van der Waals surface area contributed by atoms with Gasteiger partial charge in [-0.25, -0.2) is 4.79 Å². The molecule has 0 fully saturated rings. The number of Topliss-reactive ketones (excluding diaryl/α,β-unsaturated/α-hetero) is 1. The van der Waals surface area contributed by atoms with Crippen LogP contribution in [0.2, 0.25) is 0 Å². The maximum absolute atomic E-state index is 12.9. The van der Waals surface area contributed by atoms with E-state index in [1.165, 1.54) is 0 Å². The fourth-order valence-electron chi connectivity index (χ4n) is 2.98. The lowest BCUT2D eigenvalue weighted by molar-refractivity contribution is -0.150. The summed E-state index contributed by atoms with van der Waals surface area (Å²) in [5, 5.41) is 9.63. The molecule has 0 unspecified atom stereocenters. The van der Waals surface area contributed by atoms with Crippen LogP contribution in [0.1, 0.15) is 17.0 Å². The molecule has 2 N–H and O–H groups in total. The molecule has 27 heavy (non-hydrogen) atoms. The van der Waals surface area contributed by atoms with Crippen molar-refractivity contribution in [1.82, 2.24) is 0 Å². The lowest BCUT2D eigenvalue weighted by atomic mass is 9.80. The SMILES string of the molecule is COC(=O)C(=O)C1=C(c2ccccc2)OC(N)=C(C#N)[C@@H]1c1ccccc1. The molecule has 3 rings (SSSR count). The van der Waals surface area contributed by atoms with E-state index in [0.29, 0.717) is 11.1 Å². The number of rotatable bonds is 4. The fraction of sp³-hybridized carbons (Fsp3) is 0.0952. The molecule has 2 aromatic rings. The molecule has 0 aliphatic carbocycles. The van der Waals surface area contributed by atoms with Crippen molar-refractivity contribution in [3.05, 3.63) is 88.8 Å². The summed E-state index contributed by atoms with van der Waals surface area (Å²) in [5.41, 5.74) is 7.27. The molecule has 0 amide bonds. The van der Waals surface area contributed by atoms with Crippen LogP contribution in [0.4, 0.5) is 0 Å². The average Bonchev–Trinajstić information content (AvgIpc) is 2.73. The van der Waals surface area contributed by atoms with Crippen LogP contribution in [-0.4, -0.2) is 18.9 Å². The number of nitrogens with zero attached hydrogens (tertiary/aromatic N) is 1. The molecule has 6 heteroatoms. The number of esters is 1. The molecule has 2 aromatic carbocycles. The Labute approximate surface area is 156 Å². The second-order valence-corrected chi connectivity index (χ2v) is 5.77. The van der Waals surface area contributed by atoms with Gasteiger partial charge >= 0.3 is 5.97 Å². The average molecular weight is 360 g/mol. The van der Waals surface area contributed by atoms with Crippen molar-refractivity contribution in [2.75, 3.05) is 7.11 Å². The third kappa shape index (κ3) is 3.31. The van der Waals surface area contributed by atoms with Crippen LogP contribution in [0.5, 0.6) is 0 Å². The lowest BCUT2D eigenvalue weighted by Gasteiger charge is -2.28. The number of benzene rings is 2. The Kier molecular flexibility index (Phi) is 5.04. The van der Waals surface area contributed by atoms with Gasteiger partial charge in [0, 0.05) is 5.56 Å². The number of ketones is 1. The minimum Gasteiger partial charge on any atom is -0.463 e. The lowest BCUT2D eigenvalue weighted by Crippen LogP contribution is -2.29. The van der Waals surface area contributed by atoms with Gasteiger partial charge in [0.2, 0.25) is 5.88 Å². The minimum atomic E-state index is -1.04. The zero-order valence-electron chi connectivity index (χ0n) is 14.5. The summed E-state index contributed by atoms with van der Waals surface area (Å²) in [6, 6.07) is 19.7. The Morgan fingerprint density at radius 3 is 2.22 bits per heavy atom. The van der Waals surface area contributed by atoms with Crippen LogP contribution in [0, 0.1) is 11.3 Å². The molecule has 134 valence electrons. The van der Waals surface area contributed by atoms with Crippen molar-refractivity contribution in [2.45, 2.75) is 5.92 Å². The number of ether oxygens (including phenoxy) is 2. The standard InChI is InChI=1S/C21H16N2O4/c1-26-21(25)18(24)17-16(13-8-4-2-5-9-13)15(12-22)20(23)27-19(17)14-10-6-3-7-11-14/h2-11,16H,23H2,1H3/t16-/m0/s1. The molecule has 0 bridgehead atoms. The molecule has 1 aliphatic heterocycles. The Morgan fingerprint density at radius 2 is 1.67 bits per heavy atom. The summed E-state index contributed by atoms with van der Waals surface area (Å²) < 4.78 is 10.3. The van der Waals surface area contributed by atoms with E-state index >= 15 is 0 Å². The van der Waals surface area contributed by atoms with Gasteiger partial charge in [0.05, 0.1) is 18.6 Å². The van der Waals surface area contributed by atoms with Crippen LogP contribution < -0.4 is 5.73 Å². The molecule has 0 radical (unpaired) electrons. The molecule has 1 aliphatic rings. The van der Waals surface area contributed by atoms with E-state index in [9.17, 15) is 14.9 Å². The zero-order chi connectivity index (χ0) is 19.4. The van der Waals surface area contributed by atoms with E-state index in [1.54, 1.807) is 48.5 Å². The minimum absolute atomic E-state index is 0.0185. The van der Waals surface area contributed by atoms with Gasteiger partial charge in [-0.2, -0.15) is 5.26 Å². The summed E-state index contributed by atoms with van der Waals surface area (Å²) in [6.45, 7) is 0. The number of methoxy groups -OCH3 is 1. The van der Waals surface area contributed by atoms with E-state index in [1.807, 2.05) is 18.2 Å². The van der Waals surface area contributed by atoms with E-state index in [2.05, 4.69) is 4.74 Å². The Morgan fingerprint density at radius 1 is 1.07 bits per heavy atom. The number of hydrogen-bond donors (Lipinski definition) is 1. The molecule has 1 heterocycles. The summed E-state index contributed by atoms with van der Waals surface area (Å²) in [7, 11) is 1.12. The van der Waals surface area contributed by atoms with Gasteiger partial charge in [-0.15, -0.1) is 0 Å². The van der Waals surface area contributed by atoms with Gasteiger partial charge in [-0.3, -0.25) is 4.79 Å². The van der Waals surface area contributed by atoms with Crippen molar-refractivity contribution in [3.63, 3.8) is 0 Å². The molecule has 1 atom stereocenters. The van der Waals surface area contributed by atoms with Gasteiger partial charge in [-0.05, 0) is 5.56 Å². The smallest absolute Gasteiger partial charge is 0.379 e. The van der Waals surface area contributed by atoms with Crippen molar-refractivity contribution >= 4 is 17.5 Å². The number of nitriles is 1. The van der Waals surface area contributed by atoms with Crippen molar-refractivity contribution in [3.8, 4) is 6.07 Å². The van der Waals surface area contributed by atoms with Crippen LogP contribution in [0.25, 0.3) is 5.76 Å². The quantitative estimate of drug-likeness (QED) is 0.664. The predicted molar refractivity (Wildman–Crippen MR) is 97.5 cm³/mol. The van der Waals surface area contributed by atoms with Crippen molar-refractivity contribution in [2.24, 2.45) is 5.73 Å². The normalized spacial score (nSPS) is 16.4. The molecule has 0 aromatic heterocycles. The topological polar surface area (TPSA) is 102 Å². The van der Waals surface area contributed by atoms with E-state index in [0.717, 1.165) is 7.11 Å². The van der Waals surface area contributed by atoms with Crippen LogP contribution in [0.3, 0.4) is 0 Å². The highest BCUT2D eigenvalue weighted by Gasteiger charge is 2.39. The largest absolute Gasteiger partial charge is 0.463 e. The van der Waals surface area contributed by atoms with Crippen LogP contribution >= 0.6 is 0 Å². The number of allylic oxidation sites excluding steroid dienone is 1. The van der Waals surface area contributed by atoms with E-state index in [-0.39, 0.29) is 22.8 Å². The highest BCUT2D eigenvalue weighted by Crippen LogP contribution is 2.42. The Hall–Kier alpha value is -3.85. The number of carbonyl (C=O) groups excluding carboxylic acids is 2. The predicted octanol–water partition coefficient (Wildman–Crippen LogP) is 2.65. The third-order valence-electron chi connectivity index (χ3n) is 4.20.